The molecule has 0 saturated carbocycles. The van der Waals surface area contributed by atoms with Crippen LogP contribution in [0.15, 0.2) is 54.6 Å². The van der Waals surface area contributed by atoms with Gasteiger partial charge in [0.05, 0.1) is 0 Å². The molecule has 0 spiro atoms. The lowest BCUT2D eigenvalue weighted by molar-refractivity contribution is -0.274. The zero-order chi connectivity index (χ0) is 19.3. The van der Waals surface area contributed by atoms with Crippen molar-refractivity contribution in [2.75, 3.05) is 31.1 Å². The minimum atomic E-state index is -4.71. The molecule has 1 heterocycles. The number of benzene rings is 2. The van der Waals surface area contributed by atoms with E-state index >= 15 is 0 Å². The molecule has 3 rings (SSSR count). The fourth-order valence-electron chi connectivity index (χ4n) is 2.91. The van der Waals surface area contributed by atoms with Gasteiger partial charge in [0.2, 0.25) is 0 Å². The number of alkyl halides is 3. The van der Waals surface area contributed by atoms with E-state index in [4.69, 9.17) is 0 Å². The predicted molar refractivity (Wildman–Crippen MR) is 95.6 cm³/mol. The fraction of sp³-hybridized carbons (Fsp3) is 0.316. The lowest BCUT2D eigenvalue weighted by atomic mass is 10.2. The summed E-state index contributed by atoms with van der Waals surface area (Å²) in [6, 6.07) is 15.3. The lowest BCUT2D eigenvalue weighted by Gasteiger charge is -2.36. The zero-order valence-corrected chi connectivity index (χ0v) is 14.6. The van der Waals surface area contributed by atoms with Gasteiger partial charge in [0, 0.05) is 38.4 Å². The topological polar surface area (TPSA) is 44.8 Å². The summed E-state index contributed by atoms with van der Waals surface area (Å²) in [7, 11) is 0. The van der Waals surface area contributed by atoms with Gasteiger partial charge in [-0.2, -0.15) is 0 Å². The molecule has 1 aliphatic rings. The molecular weight excluding hydrogens is 359 g/mol. The molecule has 0 aliphatic carbocycles. The summed E-state index contributed by atoms with van der Waals surface area (Å²) in [6.07, 6.45) is -4.71. The number of anilines is 1. The first kappa shape index (κ1) is 18.9. The Morgan fingerprint density at radius 1 is 0.963 bits per heavy atom. The Morgan fingerprint density at radius 2 is 1.59 bits per heavy atom. The summed E-state index contributed by atoms with van der Waals surface area (Å²) in [5, 5.41) is 2.80. The number of amides is 2. The average Bonchev–Trinajstić information content (AvgIpc) is 2.67. The largest absolute Gasteiger partial charge is 0.573 e. The predicted octanol–water partition coefficient (Wildman–Crippen LogP) is 3.62. The number of carbonyl (C=O) groups excluding carboxylic acids is 1. The van der Waals surface area contributed by atoms with Crippen LogP contribution in [0, 0.1) is 0 Å². The van der Waals surface area contributed by atoms with E-state index in [0.29, 0.717) is 18.7 Å². The molecule has 1 aliphatic heterocycles. The van der Waals surface area contributed by atoms with Gasteiger partial charge in [-0.05, 0) is 29.8 Å². The van der Waals surface area contributed by atoms with E-state index in [1.54, 1.807) is 4.90 Å². The maximum Gasteiger partial charge on any atom is 0.573 e. The Hall–Kier alpha value is -2.90. The Labute approximate surface area is 155 Å². The van der Waals surface area contributed by atoms with Crippen LogP contribution in [0.3, 0.4) is 0 Å². The first-order chi connectivity index (χ1) is 12.9. The van der Waals surface area contributed by atoms with Crippen molar-refractivity contribution in [2.24, 2.45) is 0 Å². The highest BCUT2D eigenvalue weighted by molar-refractivity contribution is 5.74. The highest BCUT2D eigenvalue weighted by Gasteiger charge is 2.31. The molecule has 0 radical (unpaired) electrons. The third-order valence-electron chi connectivity index (χ3n) is 4.29. The summed E-state index contributed by atoms with van der Waals surface area (Å²) in [6.45, 7) is 2.96. The van der Waals surface area contributed by atoms with Crippen LogP contribution in [0.5, 0.6) is 5.75 Å². The molecule has 144 valence electrons. The van der Waals surface area contributed by atoms with Gasteiger partial charge >= 0.3 is 12.4 Å². The smallest absolute Gasteiger partial charge is 0.406 e. The number of piperazine rings is 1. The highest BCUT2D eigenvalue weighted by atomic mass is 19.4. The molecule has 2 amide bonds. The van der Waals surface area contributed by atoms with Crippen LogP contribution in [-0.4, -0.2) is 43.5 Å². The Bertz CT molecular complexity index is 743. The number of para-hydroxylation sites is 1. The first-order valence-corrected chi connectivity index (χ1v) is 8.58. The van der Waals surface area contributed by atoms with Crippen LogP contribution < -0.4 is 15.0 Å². The number of halogens is 3. The molecule has 2 aromatic rings. The highest BCUT2D eigenvalue weighted by Crippen LogP contribution is 2.22. The number of nitrogens with zero attached hydrogens (tertiary/aromatic N) is 2. The van der Waals surface area contributed by atoms with Gasteiger partial charge in [-0.1, -0.05) is 30.3 Å². The van der Waals surface area contributed by atoms with Crippen molar-refractivity contribution in [3.8, 4) is 5.75 Å². The van der Waals surface area contributed by atoms with Crippen molar-refractivity contribution < 1.29 is 22.7 Å². The molecule has 0 atom stereocenters. The van der Waals surface area contributed by atoms with Gasteiger partial charge in [-0.15, -0.1) is 13.2 Å². The van der Waals surface area contributed by atoms with Crippen LogP contribution >= 0.6 is 0 Å². The quantitative estimate of drug-likeness (QED) is 0.883. The number of hydrogen-bond donors (Lipinski definition) is 1. The third-order valence-corrected chi connectivity index (χ3v) is 4.29. The third kappa shape index (κ3) is 5.54. The van der Waals surface area contributed by atoms with E-state index in [1.165, 1.54) is 24.3 Å². The monoisotopic (exact) mass is 379 g/mol. The van der Waals surface area contributed by atoms with Gasteiger partial charge in [-0.25, -0.2) is 4.79 Å². The first-order valence-electron chi connectivity index (χ1n) is 8.58. The molecule has 1 N–H and O–H groups in total. The van der Waals surface area contributed by atoms with Crippen molar-refractivity contribution in [1.82, 2.24) is 10.2 Å². The summed E-state index contributed by atoms with van der Waals surface area (Å²) in [5.41, 5.74) is 1.83. The lowest BCUT2D eigenvalue weighted by Crippen LogP contribution is -2.51. The maximum atomic E-state index is 12.3. The molecule has 2 aromatic carbocycles. The van der Waals surface area contributed by atoms with Gasteiger partial charge in [0.25, 0.3) is 0 Å². The van der Waals surface area contributed by atoms with E-state index in [9.17, 15) is 18.0 Å². The standard InChI is InChI=1S/C19H20F3N3O2/c20-19(21,22)27-17-8-6-15(7-9-17)14-23-18(26)25-12-10-24(11-13-25)16-4-2-1-3-5-16/h1-9H,10-14H2,(H,23,26). The second kappa shape index (κ2) is 8.20. The van der Waals surface area contributed by atoms with Gasteiger partial charge in [0.1, 0.15) is 5.75 Å². The Kier molecular flexibility index (Phi) is 5.73. The Balaban J connectivity index is 1.45. The molecule has 1 saturated heterocycles. The van der Waals surface area contributed by atoms with E-state index < -0.39 is 6.36 Å². The van der Waals surface area contributed by atoms with E-state index in [1.807, 2.05) is 30.3 Å². The van der Waals surface area contributed by atoms with Crippen molar-refractivity contribution in [2.45, 2.75) is 12.9 Å². The second-order valence-corrected chi connectivity index (χ2v) is 6.16. The zero-order valence-electron chi connectivity index (χ0n) is 14.6. The number of carbonyl (C=O) groups is 1. The maximum absolute atomic E-state index is 12.3. The molecule has 8 heteroatoms. The van der Waals surface area contributed by atoms with Gasteiger partial charge < -0.3 is 19.9 Å². The SMILES string of the molecule is O=C(NCc1ccc(OC(F)(F)F)cc1)N1CCN(c2ccccc2)CC1. The normalized spacial score (nSPS) is 14.8. The van der Waals surface area contributed by atoms with Gasteiger partial charge in [-0.3, -0.25) is 0 Å². The van der Waals surface area contributed by atoms with Crippen LogP contribution in [0.1, 0.15) is 5.56 Å². The molecule has 0 unspecified atom stereocenters. The average molecular weight is 379 g/mol. The van der Waals surface area contributed by atoms with Crippen molar-refractivity contribution in [3.05, 3.63) is 60.2 Å². The van der Waals surface area contributed by atoms with Crippen LogP contribution in [-0.2, 0) is 6.54 Å². The summed E-state index contributed by atoms with van der Waals surface area (Å²) < 4.78 is 40.3. The number of ether oxygens (including phenoxy) is 1. The van der Waals surface area contributed by atoms with E-state index in [-0.39, 0.29) is 18.3 Å². The Morgan fingerprint density at radius 3 is 2.19 bits per heavy atom. The van der Waals surface area contributed by atoms with Crippen molar-refractivity contribution in [1.29, 1.82) is 0 Å². The number of hydrogen-bond acceptors (Lipinski definition) is 3. The summed E-state index contributed by atoms with van der Waals surface area (Å²) in [5.74, 6) is -0.283. The number of nitrogens with one attached hydrogen (secondary N) is 1. The minimum absolute atomic E-state index is 0.182. The summed E-state index contributed by atoms with van der Waals surface area (Å²) >= 11 is 0. The molecule has 0 bridgehead atoms. The van der Waals surface area contributed by atoms with Crippen molar-refractivity contribution >= 4 is 11.7 Å². The molecule has 27 heavy (non-hydrogen) atoms. The summed E-state index contributed by atoms with van der Waals surface area (Å²) in [4.78, 5) is 16.3. The molecule has 0 aromatic heterocycles. The number of rotatable bonds is 4. The minimum Gasteiger partial charge on any atom is -0.406 e. The van der Waals surface area contributed by atoms with Crippen LogP contribution in [0.2, 0.25) is 0 Å². The van der Waals surface area contributed by atoms with E-state index in [0.717, 1.165) is 18.8 Å². The van der Waals surface area contributed by atoms with Gasteiger partial charge in [0.15, 0.2) is 0 Å². The molecule has 5 nitrogen and oxygen atoms in total. The van der Waals surface area contributed by atoms with Crippen molar-refractivity contribution in [3.63, 3.8) is 0 Å². The van der Waals surface area contributed by atoms with Crippen LogP contribution in [0.4, 0.5) is 23.7 Å². The second-order valence-electron chi connectivity index (χ2n) is 6.16. The fourth-order valence-corrected chi connectivity index (χ4v) is 2.91. The van der Waals surface area contributed by atoms with E-state index in [2.05, 4.69) is 15.0 Å². The molecular formula is C19H20F3N3O2. The van der Waals surface area contributed by atoms with Crippen LogP contribution in [0.25, 0.3) is 0 Å². The molecule has 1 fully saturated rings. The number of urea groups is 1.